The van der Waals surface area contributed by atoms with Crippen molar-refractivity contribution in [3.05, 3.63) is 23.8 Å². The summed E-state index contributed by atoms with van der Waals surface area (Å²) in [7, 11) is 1.59. The number of esters is 1. The van der Waals surface area contributed by atoms with Gasteiger partial charge in [0.25, 0.3) is 0 Å². The van der Waals surface area contributed by atoms with Crippen LogP contribution in [0.25, 0.3) is 0 Å². The molecule has 0 atom stereocenters. The summed E-state index contributed by atoms with van der Waals surface area (Å²) < 4.78 is 10.4. The molecule has 0 bridgehead atoms. The monoisotopic (exact) mass is 348 g/mol. The molecule has 1 amide bonds. The molecule has 1 fully saturated rings. The van der Waals surface area contributed by atoms with Gasteiger partial charge in [-0.15, -0.1) is 0 Å². The lowest BCUT2D eigenvalue weighted by Crippen LogP contribution is -2.38. The van der Waals surface area contributed by atoms with Crippen molar-refractivity contribution in [3.8, 4) is 5.75 Å². The number of piperidine rings is 1. The van der Waals surface area contributed by atoms with E-state index in [1.54, 1.807) is 7.11 Å². The Labute approximate surface area is 149 Å². The Bertz CT molecular complexity index is 595. The zero-order valence-electron chi connectivity index (χ0n) is 15.3. The Morgan fingerprint density at radius 3 is 2.64 bits per heavy atom. The first-order valence-corrected chi connectivity index (χ1v) is 8.87. The third-order valence-electron chi connectivity index (χ3n) is 4.49. The molecule has 1 aliphatic rings. The molecule has 0 spiro atoms. The van der Waals surface area contributed by atoms with Gasteiger partial charge in [-0.1, -0.05) is 6.07 Å². The highest BCUT2D eigenvalue weighted by molar-refractivity contribution is 5.92. The van der Waals surface area contributed by atoms with Crippen LogP contribution in [0.15, 0.2) is 18.2 Å². The van der Waals surface area contributed by atoms with Crippen molar-refractivity contribution in [1.29, 1.82) is 0 Å². The van der Waals surface area contributed by atoms with Gasteiger partial charge in [0.15, 0.2) is 0 Å². The summed E-state index contributed by atoms with van der Waals surface area (Å²) in [6.07, 6.45) is 2.01. The molecule has 6 nitrogen and oxygen atoms in total. The maximum Gasteiger partial charge on any atom is 0.309 e. The van der Waals surface area contributed by atoms with E-state index in [0.717, 1.165) is 31.5 Å². The molecule has 0 radical (unpaired) electrons. The number of carbonyl (C=O) groups is 2. The number of hydrogen-bond acceptors (Lipinski definition) is 5. The highest BCUT2D eigenvalue weighted by atomic mass is 16.5. The van der Waals surface area contributed by atoms with Crippen LogP contribution in [0.1, 0.15) is 31.7 Å². The van der Waals surface area contributed by atoms with E-state index in [-0.39, 0.29) is 17.8 Å². The minimum Gasteiger partial charge on any atom is -0.495 e. The number of amides is 1. The second-order valence-electron chi connectivity index (χ2n) is 6.37. The Morgan fingerprint density at radius 2 is 2.00 bits per heavy atom. The topological polar surface area (TPSA) is 67.9 Å². The van der Waals surface area contributed by atoms with E-state index >= 15 is 0 Å². The molecule has 0 unspecified atom stereocenters. The van der Waals surface area contributed by atoms with Crippen LogP contribution in [0.3, 0.4) is 0 Å². The number of aryl methyl sites for hydroxylation is 1. The molecule has 25 heavy (non-hydrogen) atoms. The molecule has 1 aromatic carbocycles. The van der Waals surface area contributed by atoms with Crippen molar-refractivity contribution in [2.45, 2.75) is 33.1 Å². The fourth-order valence-electron chi connectivity index (χ4n) is 3.04. The van der Waals surface area contributed by atoms with Gasteiger partial charge in [0.05, 0.1) is 25.3 Å². The zero-order valence-corrected chi connectivity index (χ0v) is 15.3. The van der Waals surface area contributed by atoms with Gasteiger partial charge in [0.2, 0.25) is 5.91 Å². The predicted octanol–water partition coefficient (Wildman–Crippen LogP) is 2.61. The molecule has 1 aromatic rings. The van der Waals surface area contributed by atoms with E-state index < -0.39 is 0 Å². The molecule has 138 valence electrons. The van der Waals surface area contributed by atoms with E-state index in [2.05, 4.69) is 10.2 Å². The maximum atomic E-state index is 12.2. The molecule has 1 heterocycles. The third kappa shape index (κ3) is 5.74. The fraction of sp³-hybridized carbons (Fsp3) is 0.579. The first-order chi connectivity index (χ1) is 12.0. The molecule has 6 heteroatoms. The van der Waals surface area contributed by atoms with Crippen LogP contribution in [0, 0.1) is 12.8 Å². The second kappa shape index (κ2) is 9.42. The Kier molecular flexibility index (Phi) is 7.25. The highest BCUT2D eigenvalue weighted by Gasteiger charge is 2.26. The molecular weight excluding hydrogens is 320 g/mol. The summed E-state index contributed by atoms with van der Waals surface area (Å²) in [5, 5.41) is 2.92. The summed E-state index contributed by atoms with van der Waals surface area (Å²) in [6, 6.07) is 5.70. The van der Waals surface area contributed by atoms with Gasteiger partial charge in [0, 0.05) is 13.0 Å². The number of rotatable bonds is 7. The van der Waals surface area contributed by atoms with E-state index in [1.165, 1.54) is 0 Å². The molecule has 1 aliphatic heterocycles. The standard InChI is InChI=1S/C19H28N2O4/c1-4-25-19(23)15-7-10-21(11-8-15)12-9-18(22)20-16-13-14(2)5-6-17(16)24-3/h5-6,13,15H,4,7-12H2,1-3H3,(H,20,22). The Morgan fingerprint density at radius 1 is 1.28 bits per heavy atom. The lowest BCUT2D eigenvalue weighted by Gasteiger charge is -2.30. The molecule has 1 N–H and O–H groups in total. The summed E-state index contributed by atoms with van der Waals surface area (Å²) in [6.45, 7) is 6.57. The molecule has 0 aromatic heterocycles. The van der Waals surface area contributed by atoms with Gasteiger partial charge in [-0.3, -0.25) is 9.59 Å². The molecule has 2 rings (SSSR count). The minimum absolute atomic E-state index is 0.00146. The first kappa shape index (κ1) is 19.2. The highest BCUT2D eigenvalue weighted by Crippen LogP contribution is 2.25. The number of nitrogens with one attached hydrogen (secondary N) is 1. The summed E-state index contributed by atoms with van der Waals surface area (Å²) >= 11 is 0. The van der Waals surface area contributed by atoms with Crippen molar-refractivity contribution in [3.63, 3.8) is 0 Å². The second-order valence-corrected chi connectivity index (χ2v) is 6.37. The molecule has 0 saturated carbocycles. The maximum absolute atomic E-state index is 12.2. The number of hydrogen-bond donors (Lipinski definition) is 1. The van der Waals surface area contributed by atoms with Crippen molar-refractivity contribution in [2.75, 3.05) is 38.7 Å². The first-order valence-electron chi connectivity index (χ1n) is 8.87. The molecule has 1 saturated heterocycles. The zero-order chi connectivity index (χ0) is 18.2. The Balaban J connectivity index is 1.76. The molecular formula is C19H28N2O4. The SMILES string of the molecule is CCOC(=O)C1CCN(CCC(=O)Nc2cc(C)ccc2OC)CC1. The average molecular weight is 348 g/mol. The van der Waals surface area contributed by atoms with Crippen LogP contribution < -0.4 is 10.1 Å². The van der Waals surface area contributed by atoms with Gasteiger partial charge in [-0.2, -0.15) is 0 Å². The average Bonchev–Trinajstić information content (AvgIpc) is 2.61. The van der Waals surface area contributed by atoms with Crippen molar-refractivity contribution < 1.29 is 19.1 Å². The van der Waals surface area contributed by atoms with Gasteiger partial charge in [0.1, 0.15) is 5.75 Å². The van der Waals surface area contributed by atoms with Crippen LogP contribution in [-0.2, 0) is 14.3 Å². The number of nitrogens with zero attached hydrogens (tertiary/aromatic N) is 1. The van der Waals surface area contributed by atoms with Gasteiger partial charge >= 0.3 is 5.97 Å². The summed E-state index contributed by atoms with van der Waals surface area (Å²) in [5.74, 6) is 0.540. The largest absolute Gasteiger partial charge is 0.495 e. The molecule has 0 aliphatic carbocycles. The number of ether oxygens (including phenoxy) is 2. The normalized spacial score (nSPS) is 15.6. The van der Waals surface area contributed by atoms with Gasteiger partial charge in [-0.25, -0.2) is 0 Å². The summed E-state index contributed by atoms with van der Waals surface area (Å²) in [4.78, 5) is 26.2. The van der Waals surface area contributed by atoms with Gasteiger partial charge < -0.3 is 19.7 Å². The van der Waals surface area contributed by atoms with E-state index in [0.29, 0.717) is 31.0 Å². The smallest absolute Gasteiger partial charge is 0.309 e. The fourth-order valence-corrected chi connectivity index (χ4v) is 3.04. The van der Waals surface area contributed by atoms with Crippen LogP contribution in [0.5, 0.6) is 5.75 Å². The number of likely N-dealkylation sites (tertiary alicyclic amines) is 1. The van der Waals surface area contributed by atoms with Gasteiger partial charge in [-0.05, 0) is 57.5 Å². The van der Waals surface area contributed by atoms with Crippen LogP contribution in [0.2, 0.25) is 0 Å². The van der Waals surface area contributed by atoms with E-state index in [4.69, 9.17) is 9.47 Å². The summed E-state index contributed by atoms with van der Waals surface area (Å²) in [5.41, 5.74) is 1.77. The third-order valence-corrected chi connectivity index (χ3v) is 4.49. The number of carbonyl (C=O) groups excluding carboxylic acids is 2. The van der Waals surface area contributed by atoms with Crippen LogP contribution in [0.4, 0.5) is 5.69 Å². The van der Waals surface area contributed by atoms with E-state index in [1.807, 2.05) is 32.0 Å². The lowest BCUT2D eigenvalue weighted by molar-refractivity contribution is -0.149. The van der Waals surface area contributed by atoms with Crippen molar-refractivity contribution in [2.24, 2.45) is 5.92 Å². The predicted molar refractivity (Wildman–Crippen MR) is 96.8 cm³/mol. The van der Waals surface area contributed by atoms with Crippen LogP contribution in [-0.4, -0.2) is 50.1 Å². The van der Waals surface area contributed by atoms with Crippen LogP contribution >= 0.6 is 0 Å². The number of benzene rings is 1. The Hall–Kier alpha value is -2.08. The minimum atomic E-state index is -0.0913. The number of anilines is 1. The number of methoxy groups -OCH3 is 1. The van der Waals surface area contributed by atoms with Crippen molar-refractivity contribution in [1.82, 2.24) is 4.90 Å². The van der Waals surface area contributed by atoms with Crippen molar-refractivity contribution >= 4 is 17.6 Å². The van der Waals surface area contributed by atoms with E-state index in [9.17, 15) is 9.59 Å². The lowest BCUT2D eigenvalue weighted by atomic mass is 9.97. The quantitative estimate of drug-likeness (QED) is 0.767.